The lowest BCUT2D eigenvalue weighted by atomic mass is 10.0. The van der Waals surface area contributed by atoms with Crippen molar-refractivity contribution < 1.29 is 24.2 Å². The number of hydrogen-bond donors (Lipinski definition) is 2. The molecule has 0 saturated carbocycles. The van der Waals surface area contributed by atoms with Crippen molar-refractivity contribution >= 4 is 12.1 Å². The molecule has 1 atom stereocenters. The summed E-state index contributed by atoms with van der Waals surface area (Å²) in [6.45, 7) is 7.26. The quantitative estimate of drug-likeness (QED) is 0.817. The van der Waals surface area contributed by atoms with E-state index in [1.54, 1.807) is 39.8 Å². The van der Waals surface area contributed by atoms with Gasteiger partial charge < -0.3 is 19.9 Å². The SMILES string of the molecule is CCOC(=O)CC(NC(=O)OC(C)(C)C)c1ccc(O)cc1. The maximum absolute atomic E-state index is 11.9. The number of rotatable bonds is 5. The fourth-order valence-corrected chi connectivity index (χ4v) is 1.80. The Hall–Kier alpha value is -2.24. The molecule has 22 heavy (non-hydrogen) atoms. The average molecular weight is 309 g/mol. The third kappa shape index (κ3) is 6.47. The largest absolute Gasteiger partial charge is 0.508 e. The number of alkyl carbamates (subject to hydrolysis) is 1. The zero-order valence-electron chi connectivity index (χ0n) is 13.4. The van der Waals surface area contributed by atoms with Crippen LogP contribution in [0.5, 0.6) is 5.75 Å². The van der Waals surface area contributed by atoms with Crippen LogP contribution in [0.2, 0.25) is 0 Å². The van der Waals surface area contributed by atoms with Gasteiger partial charge in [-0.25, -0.2) is 4.79 Å². The first-order valence-corrected chi connectivity index (χ1v) is 7.15. The second-order valence-corrected chi connectivity index (χ2v) is 5.80. The summed E-state index contributed by atoms with van der Waals surface area (Å²) in [4.78, 5) is 23.6. The van der Waals surface area contributed by atoms with Gasteiger partial charge >= 0.3 is 12.1 Å². The van der Waals surface area contributed by atoms with Crippen LogP contribution >= 0.6 is 0 Å². The van der Waals surface area contributed by atoms with Crippen molar-refractivity contribution in [1.29, 1.82) is 0 Å². The fraction of sp³-hybridized carbons (Fsp3) is 0.500. The fourth-order valence-electron chi connectivity index (χ4n) is 1.80. The highest BCUT2D eigenvalue weighted by atomic mass is 16.6. The van der Waals surface area contributed by atoms with Gasteiger partial charge in [0.2, 0.25) is 0 Å². The summed E-state index contributed by atoms with van der Waals surface area (Å²) in [5, 5.41) is 12.0. The molecule has 0 radical (unpaired) electrons. The van der Waals surface area contributed by atoms with E-state index < -0.39 is 23.7 Å². The van der Waals surface area contributed by atoms with Crippen molar-refractivity contribution in [1.82, 2.24) is 5.32 Å². The van der Waals surface area contributed by atoms with Crippen LogP contribution in [0.15, 0.2) is 24.3 Å². The number of nitrogens with one attached hydrogen (secondary N) is 1. The molecule has 0 saturated heterocycles. The first-order chi connectivity index (χ1) is 10.2. The van der Waals surface area contributed by atoms with Crippen LogP contribution in [0, 0.1) is 0 Å². The first-order valence-electron chi connectivity index (χ1n) is 7.15. The van der Waals surface area contributed by atoms with E-state index in [4.69, 9.17) is 9.47 Å². The standard InChI is InChI=1S/C16H23NO5/c1-5-21-14(19)10-13(11-6-8-12(18)9-7-11)17-15(20)22-16(2,3)4/h6-9,13,18H,5,10H2,1-4H3,(H,17,20). The summed E-state index contributed by atoms with van der Waals surface area (Å²) in [5.41, 5.74) is 0.0461. The lowest BCUT2D eigenvalue weighted by Crippen LogP contribution is -2.36. The van der Waals surface area contributed by atoms with Crippen LogP contribution in [0.1, 0.15) is 45.7 Å². The number of amides is 1. The Bertz CT molecular complexity index is 504. The lowest BCUT2D eigenvalue weighted by molar-refractivity contribution is -0.143. The van der Waals surface area contributed by atoms with Crippen LogP contribution in [0.4, 0.5) is 4.79 Å². The van der Waals surface area contributed by atoms with Gasteiger partial charge in [-0.05, 0) is 45.4 Å². The Morgan fingerprint density at radius 2 is 1.82 bits per heavy atom. The number of hydrogen-bond acceptors (Lipinski definition) is 5. The van der Waals surface area contributed by atoms with Gasteiger partial charge in [0, 0.05) is 0 Å². The molecule has 1 rings (SSSR count). The van der Waals surface area contributed by atoms with Crippen molar-refractivity contribution in [3.63, 3.8) is 0 Å². The molecule has 0 bridgehead atoms. The highest BCUT2D eigenvalue weighted by Gasteiger charge is 2.23. The van der Waals surface area contributed by atoms with E-state index in [0.29, 0.717) is 5.56 Å². The van der Waals surface area contributed by atoms with Crippen molar-refractivity contribution in [2.24, 2.45) is 0 Å². The van der Waals surface area contributed by atoms with Crippen LogP contribution in [-0.2, 0) is 14.3 Å². The summed E-state index contributed by atoms with van der Waals surface area (Å²) < 4.78 is 10.1. The monoisotopic (exact) mass is 309 g/mol. The minimum absolute atomic E-state index is 0.0160. The van der Waals surface area contributed by atoms with Gasteiger partial charge in [-0.2, -0.15) is 0 Å². The molecule has 1 aromatic carbocycles. The molecule has 0 aliphatic carbocycles. The third-order valence-corrected chi connectivity index (χ3v) is 2.66. The first kappa shape index (κ1) is 17.8. The van der Waals surface area contributed by atoms with Crippen molar-refractivity contribution in [3.05, 3.63) is 29.8 Å². The van der Waals surface area contributed by atoms with Crippen molar-refractivity contribution in [2.45, 2.75) is 45.8 Å². The molecular formula is C16H23NO5. The third-order valence-electron chi connectivity index (χ3n) is 2.66. The number of carbonyl (C=O) groups excluding carboxylic acids is 2. The van der Waals surface area contributed by atoms with Crippen LogP contribution in [-0.4, -0.2) is 29.4 Å². The molecule has 0 aliphatic heterocycles. The highest BCUT2D eigenvalue weighted by Crippen LogP contribution is 2.21. The molecule has 0 fully saturated rings. The molecule has 1 aromatic rings. The number of phenols is 1. The average Bonchev–Trinajstić information content (AvgIpc) is 2.36. The summed E-state index contributed by atoms with van der Waals surface area (Å²) in [5.74, 6) is -0.312. The lowest BCUT2D eigenvalue weighted by Gasteiger charge is -2.23. The van der Waals surface area contributed by atoms with Gasteiger partial charge in [0.05, 0.1) is 19.1 Å². The van der Waals surface area contributed by atoms with E-state index in [9.17, 15) is 14.7 Å². The number of benzene rings is 1. The number of aromatic hydroxyl groups is 1. The second-order valence-electron chi connectivity index (χ2n) is 5.80. The second kappa shape index (κ2) is 7.68. The predicted molar refractivity (Wildman–Crippen MR) is 81.5 cm³/mol. The Balaban J connectivity index is 2.84. The van der Waals surface area contributed by atoms with Gasteiger partial charge in [0.25, 0.3) is 0 Å². The smallest absolute Gasteiger partial charge is 0.408 e. The van der Waals surface area contributed by atoms with Gasteiger partial charge in [-0.3, -0.25) is 4.79 Å². The van der Waals surface area contributed by atoms with E-state index in [-0.39, 0.29) is 18.8 Å². The van der Waals surface area contributed by atoms with Crippen LogP contribution in [0.3, 0.4) is 0 Å². The molecule has 0 spiro atoms. The highest BCUT2D eigenvalue weighted by molar-refractivity contribution is 5.73. The normalized spacial score (nSPS) is 12.4. The molecule has 122 valence electrons. The predicted octanol–water partition coefficient (Wildman–Crippen LogP) is 2.91. The zero-order chi connectivity index (χ0) is 16.8. The molecule has 1 amide bonds. The number of phenolic OH excluding ortho intramolecular Hbond substituents is 1. The Kier molecular flexibility index (Phi) is 6.22. The minimum Gasteiger partial charge on any atom is -0.508 e. The minimum atomic E-state index is -0.631. The molecular weight excluding hydrogens is 286 g/mol. The van der Waals surface area contributed by atoms with Crippen molar-refractivity contribution in [2.75, 3.05) is 6.61 Å². The Labute approximate surface area is 130 Å². The number of esters is 1. The van der Waals surface area contributed by atoms with Gasteiger partial charge in [-0.1, -0.05) is 12.1 Å². The van der Waals surface area contributed by atoms with Crippen LogP contribution < -0.4 is 5.32 Å². The van der Waals surface area contributed by atoms with E-state index in [2.05, 4.69) is 5.32 Å². The van der Waals surface area contributed by atoms with Gasteiger partial charge in [0.15, 0.2) is 0 Å². The Morgan fingerprint density at radius 3 is 2.32 bits per heavy atom. The molecule has 6 heteroatoms. The van der Waals surface area contributed by atoms with Crippen molar-refractivity contribution in [3.8, 4) is 5.75 Å². The van der Waals surface area contributed by atoms with E-state index in [1.165, 1.54) is 12.1 Å². The molecule has 0 heterocycles. The molecule has 1 unspecified atom stereocenters. The summed E-state index contributed by atoms with van der Waals surface area (Å²) in [7, 11) is 0. The summed E-state index contributed by atoms with van der Waals surface area (Å²) >= 11 is 0. The number of carbonyl (C=O) groups is 2. The number of ether oxygens (including phenoxy) is 2. The van der Waals surface area contributed by atoms with E-state index in [1.807, 2.05) is 0 Å². The van der Waals surface area contributed by atoms with E-state index in [0.717, 1.165) is 0 Å². The molecule has 6 nitrogen and oxygen atoms in total. The topological polar surface area (TPSA) is 84.9 Å². The maximum atomic E-state index is 11.9. The zero-order valence-corrected chi connectivity index (χ0v) is 13.4. The molecule has 0 aliphatic rings. The summed E-state index contributed by atoms with van der Waals surface area (Å²) in [6, 6.07) is 5.66. The molecule has 0 aromatic heterocycles. The van der Waals surface area contributed by atoms with E-state index >= 15 is 0 Å². The molecule has 2 N–H and O–H groups in total. The summed E-state index contributed by atoms with van der Waals surface area (Å²) in [6.07, 6.45) is -0.632. The maximum Gasteiger partial charge on any atom is 0.408 e. The van der Waals surface area contributed by atoms with Crippen LogP contribution in [0.25, 0.3) is 0 Å². The van der Waals surface area contributed by atoms with Gasteiger partial charge in [0.1, 0.15) is 11.4 Å². The van der Waals surface area contributed by atoms with Gasteiger partial charge in [-0.15, -0.1) is 0 Å². The Morgan fingerprint density at radius 1 is 1.23 bits per heavy atom.